The van der Waals surface area contributed by atoms with E-state index in [0.717, 1.165) is 35.4 Å². The van der Waals surface area contributed by atoms with E-state index in [0.29, 0.717) is 10.8 Å². The van der Waals surface area contributed by atoms with Gasteiger partial charge in [-0.05, 0) is 30.2 Å². The Morgan fingerprint density at radius 1 is 1.10 bits per heavy atom. The molecule has 1 N–H and O–H groups in total. The Bertz CT molecular complexity index is 740. The molecular weight excluding hydrogens is 350 g/mol. The van der Waals surface area contributed by atoms with E-state index >= 15 is 0 Å². The summed E-state index contributed by atoms with van der Waals surface area (Å²) in [6, 6.07) is 13.0. The molecular formula is C16H18BrNO2S. The summed E-state index contributed by atoms with van der Waals surface area (Å²) in [6.07, 6.45) is 3.08. The van der Waals surface area contributed by atoms with Crippen LogP contribution in [-0.4, -0.2) is 19.8 Å². The van der Waals surface area contributed by atoms with E-state index in [1.165, 1.54) is 0 Å². The molecule has 2 unspecified atom stereocenters. The van der Waals surface area contributed by atoms with Gasteiger partial charge in [-0.3, -0.25) is 0 Å². The molecule has 0 heterocycles. The van der Waals surface area contributed by atoms with Crippen molar-refractivity contribution in [2.75, 3.05) is 5.33 Å². The van der Waals surface area contributed by atoms with Crippen LogP contribution in [0.4, 0.5) is 0 Å². The highest BCUT2D eigenvalue weighted by atomic mass is 79.9. The van der Waals surface area contributed by atoms with E-state index < -0.39 is 10.0 Å². The maximum absolute atomic E-state index is 12.7. The minimum atomic E-state index is -3.48. The maximum Gasteiger partial charge on any atom is 0.241 e. The van der Waals surface area contributed by atoms with Crippen molar-refractivity contribution in [2.24, 2.45) is 5.92 Å². The number of alkyl halides is 1. The smallest absolute Gasteiger partial charge is 0.208 e. The van der Waals surface area contributed by atoms with Crippen LogP contribution < -0.4 is 4.72 Å². The molecule has 0 radical (unpaired) electrons. The van der Waals surface area contributed by atoms with Gasteiger partial charge >= 0.3 is 0 Å². The number of rotatable bonds is 4. The van der Waals surface area contributed by atoms with Crippen molar-refractivity contribution >= 4 is 36.7 Å². The van der Waals surface area contributed by atoms with Crippen LogP contribution in [0, 0.1) is 5.92 Å². The fraction of sp³-hybridized carbons (Fsp3) is 0.375. The second kappa shape index (κ2) is 6.07. The summed E-state index contributed by atoms with van der Waals surface area (Å²) in [4.78, 5) is 0.376. The lowest BCUT2D eigenvalue weighted by Gasteiger charge is -2.19. The quantitative estimate of drug-likeness (QED) is 0.837. The van der Waals surface area contributed by atoms with Gasteiger partial charge in [-0.2, -0.15) is 0 Å². The Kier molecular flexibility index (Phi) is 4.33. The number of fused-ring (bicyclic) bond motifs is 1. The molecule has 0 saturated heterocycles. The topological polar surface area (TPSA) is 46.2 Å². The van der Waals surface area contributed by atoms with Crippen molar-refractivity contribution in [1.29, 1.82) is 0 Å². The van der Waals surface area contributed by atoms with Gasteiger partial charge in [0.1, 0.15) is 0 Å². The van der Waals surface area contributed by atoms with Gasteiger partial charge in [-0.1, -0.05) is 58.7 Å². The average Bonchev–Trinajstić information content (AvgIpc) is 2.93. The number of halogens is 1. The van der Waals surface area contributed by atoms with Crippen LogP contribution in [-0.2, 0) is 10.0 Å². The molecule has 0 aliphatic heterocycles. The highest BCUT2D eigenvalue weighted by molar-refractivity contribution is 9.09. The Morgan fingerprint density at radius 2 is 1.86 bits per heavy atom. The first-order valence-electron chi connectivity index (χ1n) is 7.18. The zero-order chi connectivity index (χ0) is 14.9. The Morgan fingerprint density at radius 3 is 2.67 bits per heavy atom. The summed E-state index contributed by atoms with van der Waals surface area (Å²) >= 11 is 3.49. The zero-order valence-electron chi connectivity index (χ0n) is 11.6. The van der Waals surface area contributed by atoms with Crippen LogP contribution in [0.1, 0.15) is 19.3 Å². The molecule has 0 spiro atoms. The molecule has 1 aliphatic rings. The Balaban J connectivity index is 1.97. The van der Waals surface area contributed by atoms with E-state index in [4.69, 9.17) is 0 Å². The van der Waals surface area contributed by atoms with Gasteiger partial charge in [-0.15, -0.1) is 0 Å². The number of hydrogen-bond acceptors (Lipinski definition) is 2. The van der Waals surface area contributed by atoms with E-state index in [2.05, 4.69) is 20.7 Å². The molecule has 21 heavy (non-hydrogen) atoms. The van der Waals surface area contributed by atoms with Crippen molar-refractivity contribution < 1.29 is 8.42 Å². The fourth-order valence-corrected chi connectivity index (χ4v) is 5.41. The zero-order valence-corrected chi connectivity index (χ0v) is 14.0. The summed E-state index contributed by atoms with van der Waals surface area (Å²) in [6.45, 7) is 0. The minimum absolute atomic E-state index is 0.0355. The molecule has 2 aromatic rings. The van der Waals surface area contributed by atoms with Crippen LogP contribution in [0.25, 0.3) is 10.8 Å². The summed E-state index contributed by atoms with van der Waals surface area (Å²) in [5.74, 6) is 0.384. The van der Waals surface area contributed by atoms with Crippen LogP contribution >= 0.6 is 15.9 Å². The molecule has 2 aromatic carbocycles. The maximum atomic E-state index is 12.7. The molecule has 0 amide bonds. The first kappa shape index (κ1) is 15.0. The van der Waals surface area contributed by atoms with Crippen molar-refractivity contribution in [1.82, 2.24) is 4.72 Å². The third-order valence-corrected chi connectivity index (χ3v) is 6.58. The molecule has 0 aromatic heterocycles. The predicted molar refractivity (Wildman–Crippen MR) is 89.2 cm³/mol. The van der Waals surface area contributed by atoms with Crippen LogP contribution in [0.2, 0.25) is 0 Å². The van der Waals surface area contributed by atoms with Crippen LogP contribution in [0.15, 0.2) is 47.4 Å². The van der Waals surface area contributed by atoms with E-state index in [1.54, 1.807) is 12.1 Å². The van der Waals surface area contributed by atoms with Gasteiger partial charge in [-0.25, -0.2) is 13.1 Å². The Labute approximate surface area is 133 Å². The lowest BCUT2D eigenvalue weighted by atomic mass is 10.1. The third kappa shape index (κ3) is 3.00. The Hall–Kier alpha value is -0.910. The predicted octanol–water partition coefficient (Wildman–Crippen LogP) is 3.68. The van der Waals surface area contributed by atoms with Gasteiger partial charge in [0.15, 0.2) is 0 Å². The highest BCUT2D eigenvalue weighted by Crippen LogP contribution is 2.29. The van der Waals surface area contributed by atoms with E-state index in [-0.39, 0.29) is 6.04 Å². The third-order valence-electron chi connectivity index (χ3n) is 4.20. The van der Waals surface area contributed by atoms with Crippen LogP contribution in [0.3, 0.4) is 0 Å². The summed E-state index contributed by atoms with van der Waals surface area (Å²) in [7, 11) is -3.48. The number of hydrogen-bond donors (Lipinski definition) is 1. The molecule has 5 heteroatoms. The summed E-state index contributed by atoms with van der Waals surface area (Å²) in [5.41, 5.74) is 0. The summed E-state index contributed by atoms with van der Waals surface area (Å²) < 4.78 is 28.4. The number of benzene rings is 2. The fourth-order valence-electron chi connectivity index (χ4n) is 3.07. The van der Waals surface area contributed by atoms with Gasteiger partial charge in [0.25, 0.3) is 0 Å². The van der Waals surface area contributed by atoms with Gasteiger partial charge < -0.3 is 0 Å². The second-order valence-corrected chi connectivity index (χ2v) is 7.88. The molecule has 112 valence electrons. The molecule has 1 aliphatic carbocycles. The van der Waals surface area contributed by atoms with Crippen molar-refractivity contribution in [3.05, 3.63) is 42.5 Å². The lowest BCUT2D eigenvalue weighted by molar-refractivity contribution is 0.484. The first-order valence-corrected chi connectivity index (χ1v) is 9.78. The monoisotopic (exact) mass is 367 g/mol. The van der Waals surface area contributed by atoms with E-state index in [9.17, 15) is 8.42 Å². The van der Waals surface area contributed by atoms with Gasteiger partial charge in [0.05, 0.1) is 4.90 Å². The van der Waals surface area contributed by atoms with Crippen LogP contribution in [0.5, 0.6) is 0 Å². The minimum Gasteiger partial charge on any atom is -0.208 e. The highest BCUT2D eigenvalue weighted by Gasteiger charge is 2.31. The second-order valence-electron chi connectivity index (χ2n) is 5.55. The van der Waals surface area contributed by atoms with Gasteiger partial charge in [0, 0.05) is 16.8 Å². The average molecular weight is 368 g/mol. The molecule has 3 rings (SSSR count). The molecule has 2 atom stereocenters. The lowest BCUT2D eigenvalue weighted by Crippen LogP contribution is -2.37. The van der Waals surface area contributed by atoms with Crippen molar-refractivity contribution in [3.63, 3.8) is 0 Å². The standard InChI is InChI=1S/C16H18BrNO2S/c17-11-13-7-3-9-15(13)18-21(19,20)16-10-4-6-12-5-1-2-8-14(12)16/h1-2,4-6,8,10,13,15,18H,3,7,9,11H2. The number of sulfonamides is 1. The molecule has 1 saturated carbocycles. The first-order chi connectivity index (χ1) is 10.1. The van der Waals surface area contributed by atoms with Crippen molar-refractivity contribution in [2.45, 2.75) is 30.2 Å². The summed E-state index contributed by atoms with van der Waals surface area (Å²) in [5, 5.41) is 2.57. The van der Waals surface area contributed by atoms with Crippen molar-refractivity contribution in [3.8, 4) is 0 Å². The molecule has 0 bridgehead atoms. The van der Waals surface area contributed by atoms with Gasteiger partial charge in [0.2, 0.25) is 10.0 Å². The molecule has 3 nitrogen and oxygen atoms in total. The normalized spacial score (nSPS) is 22.7. The SMILES string of the molecule is O=S(=O)(NC1CCCC1CBr)c1cccc2ccccc12. The molecule has 1 fully saturated rings. The number of nitrogens with one attached hydrogen (secondary N) is 1. The van der Waals surface area contributed by atoms with E-state index in [1.807, 2.05) is 30.3 Å². The largest absolute Gasteiger partial charge is 0.241 e.